The highest BCUT2D eigenvalue weighted by Gasteiger charge is 2.19. The molecule has 30 heavy (non-hydrogen) atoms. The average Bonchev–Trinajstić information content (AvgIpc) is 3.17. The Balaban J connectivity index is 1.73. The molecule has 0 aliphatic rings. The van der Waals surface area contributed by atoms with Crippen molar-refractivity contribution in [2.45, 2.75) is 0 Å². The summed E-state index contributed by atoms with van der Waals surface area (Å²) < 4.78 is 20.5. The Labute approximate surface area is 168 Å². The first kappa shape index (κ1) is 18.8. The number of ether oxygens (including phenoxy) is 1. The second kappa shape index (κ2) is 7.44. The molecule has 0 spiro atoms. The van der Waals surface area contributed by atoms with Crippen LogP contribution in [0.4, 0.5) is 27.4 Å². The van der Waals surface area contributed by atoms with Gasteiger partial charge in [0.05, 0.1) is 36.0 Å². The molecular weight excluding hydrogens is 393 g/mol. The molecule has 2 aromatic heterocycles. The van der Waals surface area contributed by atoms with Crippen LogP contribution < -0.4 is 10.1 Å². The first-order chi connectivity index (χ1) is 14.5. The lowest BCUT2D eigenvalue weighted by Crippen LogP contribution is -2.05. The van der Waals surface area contributed by atoms with Gasteiger partial charge in [0.15, 0.2) is 11.5 Å². The molecule has 11 heteroatoms. The normalized spacial score (nSPS) is 10.6. The molecule has 1 N–H and O–H groups in total. The molecule has 0 unspecified atom stereocenters. The van der Waals surface area contributed by atoms with E-state index in [0.29, 0.717) is 11.5 Å². The Morgan fingerprint density at radius 1 is 1.30 bits per heavy atom. The van der Waals surface area contributed by atoms with Gasteiger partial charge in [-0.2, -0.15) is 14.5 Å². The summed E-state index contributed by atoms with van der Waals surface area (Å²) in [4.78, 5) is 22.1. The number of fused-ring (bicyclic) bond motifs is 1. The van der Waals surface area contributed by atoms with Gasteiger partial charge in [-0.1, -0.05) is 6.07 Å². The highest BCUT2D eigenvalue weighted by Crippen LogP contribution is 2.33. The van der Waals surface area contributed by atoms with E-state index in [2.05, 4.69) is 25.2 Å². The quantitative estimate of drug-likeness (QED) is 0.301. The van der Waals surface area contributed by atoms with Crippen LogP contribution in [0.3, 0.4) is 0 Å². The van der Waals surface area contributed by atoms with Crippen molar-refractivity contribution in [1.29, 1.82) is 0 Å². The molecule has 2 heterocycles. The Bertz CT molecular complexity index is 1330. The van der Waals surface area contributed by atoms with Crippen LogP contribution in [-0.2, 0) is 0 Å². The fourth-order valence-corrected chi connectivity index (χ4v) is 2.87. The van der Waals surface area contributed by atoms with E-state index in [-0.39, 0.29) is 17.4 Å². The van der Waals surface area contributed by atoms with E-state index in [1.807, 2.05) is 0 Å². The molecule has 0 aliphatic carbocycles. The van der Waals surface area contributed by atoms with E-state index in [0.717, 1.165) is 23.0 Å². The molecule has 0 atom stereocenters. The zero-order valence-electron chi connectivity index (χ0n) is 15.4. The number of hydrogen-bond acceptors (Lipinski definition) is 7. The van der Waals surface area contributed by atoms with Crippen molar-refractivity contribution in [3.05, 3.63) is 76.1 Å². The van der Waals surface area contributed by atoms with Crippen molar-refractivity contribution in [3.8, 4) is 11.6 Å². The fraction of sp³-hybridized carbons (Fsp3) is 0.0526. The van der Waals surface area contributed by atoms with E-state index in [4.69, 9.17) is 11.3 Å². The summed E-state index contributed by atoms with van der Waals surface area (Å²) in [6.45, 7) is 7.11. The maximum atomic E-state index is 13.8. The van der Waals surface area contributed by atoms with Gasteiger partial charge >= 0.3 is 5.69 Å². The van der Waals surface area contributed by atoms with Gasteiger partial charge in [-0.25, -0.2) is 14.5 Å². The van der Waals surface area contributed by atoms with Gasteiger partial charge in [0.1, 0.15) is 5.75 Å². The predicted octanol–water partition coefficient (Wildman–Crippen LogP) is 4.17. The molecule has 0 aliphatic heterocycles. The Morgan fingerprint density at radius 3 is 2.87 bits per heavy atom. The number of nitrogens with one attached hydrogen (secondary N) is 1. The zero-order valence-corrected chi connectivity index (χ0v) is 15.4. The molecule has 148 valence electrons. The second-order valence-corrected chi connectivity index (χ2v) is 6.04. The van der Waals surface area contributed by atoms with Gasteiger partial charge in [-0.15, -0.1) is 0 Å². The summed E-state index contributed by atoms with van der Waals surface area (Å²) >= 11 is 0. The van der Waals surface area contributed by atoms with Crippen LogP contribution in [0.15, 0.2) is 48.8 Å². The van der Waals surface area contributed by atoms with Crippen molar-refractivity contribution >= 4 is 33.9 Å². The molecule has 4 rings (SSSR count). The number of hydrogen-bond donors (Lipinski definition) is 1. The number of nitrogens with zero attached hydrogens (tertiary/aromatic N) is 6. The Hall–Kier alpha value is -4.59. The summed E-state index contributed by atoms with van der Waals surface area (Å²) in [7, 11) is 1.32. The summed E-state index contributed by atoms with van der Waals surface area (Å²) in [6.07, 6.45) is 3.10. The smallest absolute Gasteiger partial charge is 0.307 e. The summed E-state index contributed by atoms with van der Waals surface area (Å²) in [6, 6.07) is 8.72. The number of rotatable bonds is 5. The topological polar surface area (TPSA) is 112 Å². The molecule has 4 aromatic rings. The van der Waals surface area contributed by atoms with E-state index >= 15 is 0 Å². The lowest BCUT2D eigenvalue weighted by Gasteiger charge is -2.11. The summed E-state index contributed by atoms with van der Waals surface area (Å²) in [5, 5.41) is 18.9. The van der Waals surface area contributed by atoms with Crippen molar-refractivity contribution in [2.75, 3.05) is 12.4 Å². The van der Waals surface area contributed by atoms with Crippen LogP contribution in [0.1, 0.15) is 0 Å². The van der Waals surface area contributed by atoms with Crippen LogP contribution >= 0.6 is 0 Å². The monoisotopic (exact) mass is 405 g/mol. The maximum Gasteiger partial charge on any atom is 0.307 e. The van der Waals surface area contributed by atoms with Crippen molar-refractivity contribution in [3.63, 3.8) is 0 Å². The molecule has 10 nitrogen and oxygen atoms in total. The molecule has 0 saturated heterocycles. The molecular formula is C19H12FN7O3. The first-order valence-electron chi connectivity index (χ1n) is 8.48. The third-order valence-corrected chi connectivity index (χ3v) is 4.25. The van der Waals surface area contributed by atoms with Gasteiger partial charge in [0.2, 0.25) is 11.8 Å². The Kier molecular flexibility index (Phi) is 4.65. The fourth-order valence-electron chi connectivity index (χ4n) is 2.87. The van der Waals surface area contributed by atoms with Crippen molar-refractivity contribution in [1.82, 2.24) is 19.7 Å². The largest absolute Gasteiger partial charge is 0.494 e. The lowest BCUT2D eigenvalue weighted by molar-refractivity contribution is -0.387. The summed E-state index contributed by atoms with van der Waals surface area (Å²) in [5.41, 5.74) is 0.664. The summed E-state index contributed by atoms with van der Waals surface area (Å²) in [5.74, 6) is -0.427. The molecule has 2 aromatic carbocycles. The molecule has 0 saturated carbocycles. The lowest BCUT2D eigenvalue weighted by atomic mass is 10.2. The van der Waals surface area contributed by atoms with Gasteiger partial charge in [-0.3, -0.25) is 10.1 Å². The van der Waals surface area contributed by atoms with Crippen LogP contribution in [0, 0.1) is 22.5 Å². The highest BCUT2D eigenvalue weighted by molar-refractivity contribution is 5.83. The zero-order chi connectivity index (χ0) is 21.3. The van der Waals surface area contributed by atoms with Crippen LogP contribution in [0.2, 0.25) is 0 Å². The number of aromatic nitrogens is 4. The van der Waals surface area contributed by atoms with Crippen LogP contribution in [-0.4, -0.2) is 31.8 Å². The molecule has 0 radical (unpaired) electrons. The number of benzene rings is 2. The van der Waals surface area contributed by atoms with E-state index in [9.17, 15) is 14.5 Å². The minimum atomic E-state index is -1.01. The third kappa shape index (κ3) is 3.33. The Morgan fingerprint density at radius 2 is 2.13 bits per heavy atom. The molecule has 0 bridgehead atoms. The van der Waals surface area contributed by atoms with E-state index < -0.39 is 16.4 Å². The molecule has 0 amide bonds. The standard InChI is InChI=1S/C19H12FN7O3/c1-21-12-3-4-15-11(7-12)10-23-26(15)18-5-6-22-19(25-18)24-14-9-16(27(28)29)13(20)8-17(14)30-2/h3-10H,2H3,(H,22,24,25). The van der Waals surface area contributed by atoms with E-state index in [1.54, 1.807) is 35.1 Å². The second-order valence-electron chi connectivity index (χ2n) is 6.04. The SMILES string of the molecule is [C-]#[N+]c1ccc2c(cnn2-c2ccnc(Nc3cc([N+](=O)[O-])c(F)cc3OC)n2)c1. The van der Waals surface area contributed by atoms with Gasteiger partial charge in [0.25, 0.3) is 0 Å². The number of halogens is 1. The number of anilines is 2. The maximum absolute atomic E-state index is 13.8. The van der Waals surface area contributed by atoms with Crippen molar-refractivity contribution < 1.29 is 14.1 Å². The van der Waals surface area contributed by atoms with Crippen molar-refractivity contribution in [2.24, 2.45) is 0 Å². The third-order valence-electron chi connectivity index (χ3n) is 4.25. The van der Waals surface area contributed by atoms with Crippen LogP contribution in [0.5, 0.6) is 5.75 Å². The van der Waals surface area contributed by atoms with Gasteiger partial charge < -0.3 is 10.1 Å². The number of nitro groups is 1. The van der Waals surface area contributed by atoms with Crippen LogP contribution in [0.25, 0.3) is 21.6 Å². The van der Waals surface area contributed by atoms with Gasteiger partial charge in [0, 0.05) is 29.8 Å². The first-order valence-corrected chi connectivity index (χ1v) is 8.48. The highest BCUT2D eigenvalue weighted by atomic mass is 19.1. The number of methoxy groups -OCH3 is 1. The number of nitro benzene ring substituents is 1. The minimum absolute atomic E-state index is 0.0586. The minimum Gasteiger partial charge on any atom is -0.494 e. The predicted molar refractivity (Wildman–Crippen MR) is 106 cm³/mol. The average molecular weight is 405 g/mol. The van der Waals surface area contributed by atoms with E-state index in [1.165, 1.54) is 13.3 Å². The molecule has 0 fully saturated rings. The van der Waals surface area contributed by atoms with Gasteiger partial charge in [-0.05, 0) is 12.1 Å².